The van der Waals surface area contributed by atoms with E-state index in [1.54, 1.807) is 6.07 Å². The summed E-state index contributed by atoms with van der Waals surface area (Å²) in [6.07, 6.45) is 0.269. The zero-order valence-electron chi connectivity index (χ0n) is 13.1. The second-order valence-corrected chi connectivity index (χ2v) is 5.89. The van der Waals surface area contributed by atoms with E-state index < -0.39 is 24.0 Å². The number of aromatic nitrogens is 1. The first-order chi connectivity index (χ1) is 12.1. The van der Waals surface area contributed by atoms with Gasteiger partial charge in [-0.1, -0.05) is 17.7 Å². The highest BCUT2D eigenvalue weighted by Crippen LogP contribution is 2.29. The van der Waals surface area contributed by atoms with Gasteiger partial charge >= 0.3 is 5.97 Å². The van der Waals surface area contributed by atoms with Crippen molar-refractivity contribution in [2.75, 3.05) is 19.7 Å². The van der Waals surface area contributed by atoms with Crippen LogP contribution < -0.4 is 10.1 Å². The third-order valence-corrected chi connectivity index (χ3v) is 4.10. The molecule has 1 fully saturated rings. The molecule has 6 nitrogen and oxygen atoms in total. The van der Waals surface area contributed by atoms with E-state index in [0.29, 0.717) is 25.3 Å². The summed E-state index contributed by atoms with van der Waals surface area (Å²) in [5, 5.41) is 12.4. The number of benzene rings is 1. The second-order valence-electron chi connectivity index (χ2n) is 5.49. The standard InChI is InChI=1S/C17H16ClFN2O4/c18-12-4-3-10(8-13(12)19)15-14(9-20-6-7-24-15)25-16-11(17(22)23)2-1-5-21-16/h1-5,8,14-15,20H,6-7,9H2,(H,22,23)/t14-,15+/m0/s1. The molecule has 132 valence electrons. The summed E-state index contributed by atoms with van der Waals surface area (Å²) in [5.41, 5.74) is 0.510. The van der Waals surface area contributed by atoms with Crippen LogP contribution in [0, 0.1) is 5.82 Å². The summed E-state index contributed by atoms with van der Waals surface area (Å²) in [5.74, 6) is -1.70. The van der Waals surface area contributed by atoms with Gasteiger partial charge < -0.3 is 19.9 Å². The van der Waals surface area contributed by atoms with Gasteiger partial charge in [-0.25, -0.2) is 14.2 Å². The van der Waals surface area contributed by atoms with E-state index >= 15 is 0 Å². The zero-order chi connectivity index (χ0) is 17.8. The van der Waals surface area contributed by atoms with Crippen LogP contribution in [-0.2, 0) is 4.74 Å². The van der Waals surface area contributed by atoms with Crippen molar-refractivity contribution in [3.8, 4) is 5.88 Å². The first-order valence-electron chi connectivity index (χ1n) is 7.68. The summed E-state index contributed by atoms with van der Waals surface area (Å²) in [4.78, 5) is 15.3. The third kappa shape index (κ3) is 4.07. The number of hydrogen-bond acceptors (Lipinski definition) is 5. The highest BCUT2D eigenvalue weighted by molar-refractivity contribution is 6.30. The van der Waals surface area contributed by atoms with Gasteiger partial charge in [-0.2, -0.15) is 0 Å². The maximum atomic E-state index is 13.8. The lowest BCUT2D eigenvalue weighted by molar-refractivity contribution is -0.0107. The molecule has 2 heterocycles. The van der Waals surface area contributed by atoms with Crippen LogP contribution in [0.3, 0.4) is 0 Å². The Morgan fingerprint density at radius 2 is 2.28 bits per heavy atom. The van der Waals surface area contributed by atoms with Gasteiger partial charge in [0.15, 0.2) is 0 Å². The van der Waals surface area contributed by atoms with Gasteiger partial charge in [0.1, 0.15) is 23.6 Å². The minimum absolute atomic E-state index is 0.00765. The number of pyridine rings is 1. The maximum Gasteiger partial charge on any atom is 0.341 e. The average Bonchev–Trinajstić information content (AvgIpc) is 2.83. The number of halogens is 2. The van der Waals surface area contributed by atoms with Crippen molar-refractivity contribution in [3.63, 3.8) is 0 Å². The van der Waals surface area contributed by atoms with Crippen LogP contribution in [0.15, 0.2) is 36.5 Å². The summed E-state index contributed by atoms with van der Waals surface area (Å²) >= 11 is 5.74. The zero-order valence-corrected chi connectivity index (χ0v) is 13.9. The van der Waals surface area contributed by atoms with Gasteiger partial charge in [0.25, 0.3) is 0 Å². The quantitative estimate of drug-likeness (QED) is 0.866. The van der Waals surface area contributed by atoms with Gasteiger partial charge in [-0.05, 0) is 29.8 Å². The molecular formula is C17H16ClFN2O4. The van der Waals surface area contributed by atoms with Gasteiger partial charge in [0.05, 0.1) is 11.6 Å². The molecule has 0 radical (unpaired) electrons. The molecule has 2 aromatic rings. The lowest BCUT2D eigenvalue weighted by atomic mass is 10.0. The molecule has 0 aliphatic carbocycles. The van der Waals surface area contributed by atoms with Crippen LogP contribution in [0.1, 0.15) is 22.0 Å². The van der Waals surface area contributed by atoms with Crippen molar-refractivity contribution in [2.24, 2.45) is 0 Å². The maximum absolute atomic E-state index is 13.8. The van der Waals surface area contributed by atoms with Gasteiger partial charge in [-0.15, -0.1) is 0 Å². The normalized spacial score (nSPS) is 20.7. The van der Waals surface area contributed by atoms with E-state index in [1.165, 1.54) is 30.5 Å². The Kier molecular flexibility index (Phi) is 5.47. The highest BCUT2D eigenvalue weighted by atomic mass is 35.5. The van der Waals surface area contributed by atoms with E-state index in [1.807, 2.05) is 0 Å². The molecule has 3 rings (SSSR count). The monoisotopic (exact) mass is 366 g/mol. The lowest BCUT2D eigenvalue weighted by Crippen LogP contribution is -2.35. The Morgan fingerprint density at radius 3 is 3.04 bits per heavy atom. The van der Waals surface area contributed by atoms with Crippen LogP contribution in [0.4, 0.5) is 4.39 Å². The van der Waals surface area contributed by atoms with Gasteiger partial charge in [0, 0.05) is 19.3 Å². The SMILES string of the molecule is O=C(O)c1cccnc1O[C@H]1CNCCO[C@@H]1c1ccc(Cl)c(F)c1. The number of nitrogens with zero attached hydrogens (tertiary/aromatic N) is 1. The fourth-order valence-corrected chi connectivity index (χ4v) is 2.73. The van der Waals surface area contributed by atoms with E-state index in [-0.39, 0.29) is 16.5 Å². The molecule has 8 heteroatoms. The fraction of sp³-hybridized carbons (Fsp3) is 0.294. The van der Waals surface area contributed by atoms with E-state index in [9.17, 15) is 14.3 Å². The topological polar surface area (TPSA) is 80.7 Å². The largest absolute Gasteiger partial charge is 0.477 e. The number of carboxylic acids is 1. The van der Waals surface area contributed by atoms with Crippen LogP contribution in [0.2, 0.25) is 5.02 Å². The molecule has 1 aromatic heterocycles. The van der Waals surface area contributed by atoms with Crippen molar-refractivity contribution < 1.29 is 23.8 Å². The number of hydrogen-bond donors (Lipinski definition) is 2. The Labute approximate surface area is 148 Å². The van der Waals surface area contributed by atoms with E-state index in [0.717, 1.165) is 0 Å². The summed E-state index contributed by atoms with van der Waals surface area (Å²) < 4.78 is 25.5. The number of carboxylic acid groups (broad SMARTS) is 1. The molecule has 0 bridgehead atoms. The van der Waals surface area contributed by atoms with Crippen LogP contribution in [0.25, 0.3) is 0 Å². The predicted molar refractivity (Wildman–Crippen MR) is 88.6 cm³/mol. The van der Waals surface area contributed by atoms with Crippen molar-refractivity contribution in [3.05, 3.63) is 58.5 Å². The highest BCUT2D eigenvalue weighted by Gasteiger charge is 2.30. The second kappa shape index (κ2) is 7.77. The molecule has 1 aliphatic rings. The molecule has 0 amide bonds. The lowest BCUT2D eigenvalue weighted by Gasteiger charge is -2.26. The van der Waals surface area contributed by atoms with Crippen LogP contribution >= 0.6 is 11.6 Å². The number of aromatic carboxylic acids is 1. The predicted octanol–water partition coefficient (Wildman–Crippen LogP) is 2.68. The minimum Gasteiger partial charge on any atom is -0.477 e. The molecule has 0 saturated carbocycles. The van der Waals surface area contributed by atoms with E-state index in [2.05, 4.69) is 10.3 Å². The van der Waals surface area contributed by atoms with Crippen molar-refractivity contribution in [1.82, 2.24) is 10.3 Å². The molecule has 0 unspecified atom stereocenters. The minimum atomic E-state index is -1.14. The number of rotatable bonds is 4. The van der Waals surface area contributed by atoms with Crippen LogP contribution in [-0.4, -0.2) is 41.9 Å². The van der Waals surface area contributed by atoms with Crippen LogP contribution in [0.5, 0.6) is 5.88 Å². The molecule has 1 saturated heterocycles. The molecule has 2 atom stereocenters. The summed E-state index contributed by atoms with van der Waals surface area (Å²) in [7, 11) is 0. The summed E-state index contributed by atoms with van der Waals surface area (Å²) in [6, 6.07) is 7.34. The molecular weight excluding hydrogens is 351 g/mol. The fourth-order valence-electron chi connectivity index (χ4n) is 2.61. The Bertz CT molecular complexity index is 774. The summed E-state index contributed by atoms with van der Waals surface area (Å²) in [6.45, 7) is 1.40. The van der Waals surface area contributed by atoms with Crippen molar-refractivity contribution >= 4 is 17.6 Å². The smallest absolute Gasteiger partial charge is 0.341 e. The first-order valence-corrected chi connectivity index (χ1v) is 8.06. The third-order valence-electron chi connectivity index (χ3n) is 3.80. The Balaban J connectivity index is 1.91. The van der Waals surface area contributed by atoms with Gasteiger partial charge in [-0.3, -0.25) is 0 Å². The number of ether oxygens (including phenoxy) is 2. The van der Waals surface area contributed by atoms with Crippen molar-refractivity contribution in [1.29, 1.82) is 0 Å². The molecule has 1 aliphatic heterocycles. The first kappa shape index (κ1) is 17.6. The molecule has 2 N–H and O–H groups in total. The molecule has 25 heavy (non-hydrogen) atoms. The molecule has 1 aromatic carbocycles. The molecule has 0 spiro atoms. The van der Waals surface area contributed by atoms with Crippen molar-refractivity contribution in [2.45, 2.75) is 12.2 Å². The number of carbonyl (C=O) groups is 1. The number of nitrogens with one attached hydrogen (secondary N) is 1. The average molecular weight is 367 g/mol. The Morgan fingerprint density at radius 1 is 1.44 bits per heavy atom. The van der Waals surface area contributed by atoms with E-state index in [4.69, 9.17) is 21.1 Å². The Hall–Kier alpha value is -2.22. The van der Waals surface area contributed by atoms with Gasteiger partial charge in [0.2, 0.25) is 5.88 Å².